The van der Waals surface area contributed by atoms with Crippen molar-refractivity contribution in [1.82, 2.24) is 15.5 Å². The highest BCUT2D eigenvalue weighted by Gasteiger charge is 2.12. The van der Waals surface area contributed by atoms with Gasteiger partial charge in [-0.2, -0.15) is 0 Å². The van der Waals surface area contributed by atoms with Crippen molar-refractivity contribution in [1.29, 1.82) is 0 Å². The number of guanidine groups is 1. The molecule has 0 aliphatic carbocycles. The van der Waals surface area contributed by atoms with Crippen LogP contribution in [0.5, 0.6) is 0 Å². The summed E-state index contributed by atoms with van der Waals surface area (Å²) in [4.78, 5) is 7.09. The van der Waals surface area contributed by atoms with Crippen LogP contribution in [0.25, 0.3) is 0 Å². The third-order valence-corrected chi connectivity index (χ3v) is 5.05. The van der Waals surface area contributed by atoms with Crippen molar-refractivity contribution < 1.29 is 9.13 Å². The van der Waals surface area contributed by atoms with Crippen molar-refractivity contribution in [3.63, 3.8) is 0 Å². The molecule has 0 atom stereocenters. The summed E-state index contributed by atoms with van der Waals surface area (Å²) in [5.74, 6) is 0.579. The van der Waals surface area contributed by atoms with Gasteiger partial charge in [0.1, 0.15) is 5.82 Å². The topological polar surface area (TPSA) is 48.9 Å². The summed E-state index contributed by atoms with van der Waals surface area (Å²) in [6.07, 6.45) is 0. The molecular formula is C23H32FIN4O. The highest BCUT2D eigenvalue weighted by molar-refractivity contribution is 14.0. The number of ether oxygens (including phenoxy) is 1. The Morgan fingerprint density at radius 2 is 1.83 bits per heavy atom. The molecule has 1 fully saturated rings. The highest BCUT2D eigenvalue weighted by atomic mass is 127. The predicted molar refractivity (Wildman–Crippen MR) is 131 cm³/mol. The summed E-state index contributed by atoms with van der Waals surface area (Å²) in [5.41, 5.74) is 4.23. The standard InChI is InChI=1S/C23H31FN4O.HI/c1-3-25-23(26-15-19-8-9-22(24)18(2)14-19)27-16-20-6-4-5-7-21(20)17-28-10-12-29-13-11-28;/h4-9,14H,3,10-13,15-17H2,1-2H3,(H2,25,26,27);1H. The van der Waals surface area contributed by atoms with E-state index in [0.717, 1.165) is 50.9 Å². The summed E-state index contributed by atoms with van der Waals surface area (Å²) >= 11 is 0. The monoisotopic (exact) mass is 526 g/mol. The summed E-state index contributed by atoms with van der Waals surface area (Å²) in [5, 5.41) is 6.72. The van der Waals surface area contributed by atoms with Crippen LogP contribution < -0.4 is 10.6 Å². The number of halogens is 2. The third kappa shape index (κ3) is 7.52. The zero-order valence-corrected chi connectivity index (χ0v) is 20.1. The maximum absolute atomic E-state index is 13.5. The van der Waals surface area contributed by atoms with Crippen LogP contribution >= 0.6 is 24.0 Å². The highest BCUT2D eigenvalue weighted by Crippen LogP contribution is 2.13. The normalized spacial score (nSPS) is 14.8. The SMILES string of the molecule is CCNC(=NCc1ccc(F)c(C)c1)NCc1ccccc1CN1CCOCC1.I. The molecule has 0 bridgehead atoms. The van der Waals surface area contributed by atoms with Crippen LogP contribution in [0.4, 0.5) is 4.39 Å². The Morgan fingerprint density at radius 1 is 1.10 bits per heavy atom. The summed E-state index contributed by atoms with van der Waals surface area (Å²) < 4.78 is 18.9. The van der Waals surface area contributed by atoms with Crippen LogP contribution in [0.15, 0.2) is 47.5 Å². The fourth-order valence-corrected chi connectivity index (χ4v) is 3.38. The number of benzene rings is 2. The maximum atomic E-state index is 13.5. The fraction of sp³-hybridized carbons (Fsp3) is 0.435. The van der Waals surface area contributed by atoms with Gasteiger partial charge in [-0.05, 0) is 42.2 Å². The van der Waals surface area contributed by atoms with E-state index >= 15 is 0 Å². The van der Waals surface area contributed by atoms with Gasteiger partial charge >= 0.3 is 0 Å². The number of hydrogen-bond acceptors (Lipinski definition) is 3. The van der Waals surface area contributed by atoms with Gasteiger partial charge in [0.25, 0.3) is 0 Å². The molecule has 30 heavy (non-hydrogen) atoms. The van der Waals surface area contributed by atoms with E-state index in [1.165, 1.54) is 17.2 Å². The second-order valence-corrected chi connectivity index (χ2v) is 7.29. The molecular weight excluding hydrogens is 494 g/mol. The number of nitrogens with zero attached hydrogens (tertiary/aromatic N) is 2. The molecule has 2 aromatic rings. The lowest BCUT2D eigenvalue weighted by Crippen LogP contribution is -2.38. The molecule has 0 radical (unpaired) electrons. The lowest BCUT2D eigenvalue weighted by molar-refractivity contribution is 0.0341. The Hall–Kier alpha value is -1.71. The van der Waals surface area contributed by atoms with Gasteiger partial charge in [-0.15, -0.1) is 24.0 Å². The molecule has 3 rings (SSSR count). The van der Waals surface area contributed by atoms with Crippen molar-refractivity contribution in [3.8, 4) is 0 Å². The van der Waals surface area contributed by atoms with E-state index in [-0.39, 0.29) is 29.8 Å². The summed E-state index contributed by atoms with van der Waals surface area (Å²) in [6.45, 7) is 10.3. The summed E-state index contributed by atoms with van der Waals surface area (Å²) in [6, 6.07) is 13.7. The minimum atomic E-state index is -0.181. The van der Waals surface area contributed by atoms with E-state index in [4.69, 9.17) is 4.74 Å². The van der Waals surface area contributed by atoms with Crippen molar-refractivity contribution in [3.05, 3.63) is 70.5 Å². The molecule has 164 valence electrons. The fourth-order valence-electron chi connectivity index (χ4n) is 3.38. The molecule has 2 aromatic carbocycles. The van der Waals surface area contributed by atoms with Crippen LogP contribution in [0, 0.1) is 12.7 Å². The average Bonchev–Trinajstić information content (AvgIpc) is 2.74. The van der Waals surface area contributed by atoms with Crippen molar-refractivity contribution in [2.75, 3.05) is 32.8 Å². The summed E-state index contributed by atoms with van der Waals surface area (Å²) in [7, 11) is 0. The van der Waals surface area contributed by atoms with Gasteiger partial charge in [-0.1, -0.05) is 36.4 Å². The molecule has 0 unspecified atom stereocenters. The first-order chi connectivity index (χ1) is 14.2. The Morgan fingerprint density at radius 3 is 2.53 bits per heavy atom. The Labute approximate surface area is 196 Å². The van der Waals surface area contributed by atoms with Crippen LogP contribution in [-0.2, 0) is 24.4 Å². The van der Waals surface area contributed by atoms with E-state index in [0.29, 0.717) is 18.7 Å². The van der Waals surface area contributed by atoms with Gasteiger partial charge < -0.3 is 15.4 Å². The van der Waals surface area contributed by atoms with Gasteiger partial charge in [0.2, 0.25) is 0 Å². The molecule has 7 heteroatoms. The number of aliphatic imine (C=N–C) groups is 1. The molecule has 1 saturated heterocycles. The number of morpholine rings is 1. The van der Waals surface area contributed by atoms with E-state index in [1.807, 2.05) is 13.0 Å². The first-order valence-corrected chi connectivity index (χ1v) is 10.3. The van der Waals surface area contributed by atoms with Crippen molar-refractivity contribution >= 4 is 29.9 Å². The van der Waals surface area contributed by atoms with Gasteiger partial charge in [0.15, 0.2) is 5.96 Å². The second-order valence-electron chi connectivity index (χ2n) is 7.29. The zero-order valence-electron chi connectivity index (χ0n) is 17.8. The average molecular weight is 526 g/mol. The molecule has 0 saturated carbocycles. The number of nitrogens with one attached hydrogen (secondary N) is 2. The first-order valence-electron chi connectivity index (χ1n) is 10.3. The van der Waals surface area contributed by atoms with Crippen molar-refractivity contribution in [2.45, 2.75) is 33.5 Å². The molecule has 0 aromatic heterocycles. The van der Waals surface area contributed by atoms with Crippen LogP contribution in [0.2, 0.25) is 0 Å². The molecule has 1 aliphatic heterocycles. The van der Waals surface area contributed by atoms with Gasteiger partial charge in [0.05, 0.1) is 19.8 Å². The van der Waals surface area contributed by atoms with E-state index in [9.17, 15) is 4.39 Å². The van der Waals surface area contributed by atoms with Gasteiger partial charge in [-0.25, -0.2) is 9.38 Å². The molecule has 5 nitrogen and oxygen atoms in total. The Bertz CT molecular complexity index is 825. The molecule has 1 aliphatic rings. The maximum Gasteiger partial charge on any atom is 0.191 e. The second kappa shape index (κ2) is 12.9. The van der Waals surface area contributed by atoms with E-state index in [1.54, 1.807) is 13.0 Å². The van der Waals surface area contributed by atoms with E-state index in [2.05, 4.69) is 44.8 Å². The quantitative estimate of drug-likeness (QED) is 0.327. The van der Waals surface area contributed by atoms with Crippen LogP contribution in [0.1, 0.15) is 29.2 Å². The van der Waals surface area contributed by atoms with Gasteiger partial charge in [0, 0.05) is 32.7 Å². The zero-order chi connectivity index (χ0) is 20.5. The van der Waals surface area contributed by atoms with Crippen molar-refractivity contribution in [2.24, 2.45) is 4.99 Å². The lowest BCUT2D eigenvalue weighted by atomic mass is 10.1. The molecule has 2 N–H and O–H groups in total. The van der Waals surface area contributed by atoms with E-state index < -0.39 is 0 Å². The Kier molecular flexibility index (Phi) is 10.5. The number of aryl methyl sites for hydroxylation is 1. The van der Waals surface area contributed by atoms with Crippen LogP contribution in [-0.4, -0.2) is 43.7 Å². The lowest BCUT2D eigenvalue weighted by Gasteiger charge is -2.27. The minimum absolute atomic E-state index is 0. The third-order valence-electron chi connectivity index (χ3n) is 5.05. The molecule has 1 heterocycles. The predicted octanol–water partition coefficient (Wildman–Crippen LogP) is 3.84. The molecule has 0 amide bonds. The number of hydrogen-bond donors (Lipinski definition) is 2. The van der Waals surface area contributed by atoms with Gasteiger partial charge in [-0.3, -0.25) is 4.90 Å². The van der Waals surface area contributed by atoms with Crippen LogP contribution in [0.3, 0.4) is 0 Å². The smallest absolute Gasteiger partial charge is 0.191 e. The largest absolute Gasteiger partial charge is 0.379 e. The number of rotatable bonds is 7. The molecule has 0 spiro atoms. The first kappa shape index (κ1) is 24.6. The Balaban J connectivity index is 0.00000320. The minimum Gasteiger partial charge on any atom is -0.379 e.